The van der Waals surface area contributed by atoms with Crippen LogP contribution in [-0.4, -0.2) is 51.6 Å². The first kappa shape index (κ1) is 30.3. The van der Waals surface area contributed by atoms with E-state index in [4.69, 9.17) is 18.6 Å². The topological polar surface area (TPSA) is 49.8 Å². The summed E-state index contributed by atoms with van der Waals surface area (Å²) < 4.78 is 39.2. The summed E-state index contributed by atoms with van der Waals surface area (Å²) in [5, 5.41) is 2.80. The Labute approximate surface area is 217 Å². The maximum Gasteiger partial charge on any atom is 0.193 e. The molecule has 3 atom stereocenters. The van der Waals surface area contributed by atoms with Gasteiger partial charge in [-0.1, -0.05) is 32.4 Å². The number of thiazole rings is 1. The molecule has 1 unspecified atom stereocenters. The van der Waals surface area contributed by atoms with E-state index in [1.165, 1.54) is 17.4 Å². The monoisotopic (exact) mass is 527 g/mol. The molecule has 1 saturated heterocycles. The number of aryl methyl sites for hydroxylation is 1. The third kappa shape index (κ3) is 10.9. The normalized spacial score (nSPS) is 20.2. The highest BCUT2D eigenvalue weighted by atomic mass is 32.1. The van der Waals surface area contributed by atoms with Crippen LogP contribution in [-0.2, 0) is 18.6 Å². The Balaban J connectivity index is 1.91. The second-order valence-electron chi connectivity index (χ2n) is 11.0. The molecule has 1 aromatic rings. The maximum atomic E-state index is 15.4. The van der Waals surface area contributed by atoms with Gasteiger partial charge < -0.3 is 18.6 Å². The van der Waals surface area contributed by atoms with Gasteiger partial charge in [-0.25, -0.2) is 9.37 Å². The van der Waals surface area contributed by atoms with E-state index in [0.717, 1.165) is 42.9 Å². The maximum absolute atomic E-state index is 15.4. The predicted molar refractivity (Wildman–Crippen MR) is 146 cm³/mol. The molecular weight excluding hydrogens is 481 g/mol. The van der Waals surface area contributed by atoms with Crippen molar-refractivity contribution in [1.82, 2.24) is 4.98 Å². The molecule has 0 saturated carbocycles. The first-order valence-electron chi connectivity index (χ1n) is 12.8. The van der Waals surface area contributed by atoms with Gasteiger partial charge in [0, 0.05) is 12.0 Å². The lowest BCUT2D eigenvalue weighted by atomic mass is 10.1. The number of hydrogen-bond acceptors (Lipinski definition) is 6. The van der Waals surface area contributed by atoms with Crippen LogP contribution < -0.4 is 0 Å². The van der Waals surface area contributed by atoms with E-state index in [1.54, 1.807) is 0 Å². The quantitative estimate of drug-likeness (QED) is 0.193. The van der Waals surface area contributed by atoms with Crippen LogP contribution >= 0.6 is 11.3 Å². The van der Waals surface area contributed by atoms with Crippen molar-refractivity contribution in [2.75, 3.05) is 19.8 Å². The smallest absolute Gasteiger partial charge is 0.193 e. The SMILES string of the molecule is C/C(=C/C[C@H](O[Si](C)(C)C(C)(C)C)/C(F)=C\c1csc(C)n1)CCO[C@H](C)COC1CCCCO1. The Kier molecular flexibility index (Phi) is 12.3. The third-order valence-electron chi connectivity index (χ3n) is 6.71. The van der Waals surface area contributed by atoms with E-state index in [0.29, 0.717) is 25.3 Å². The average molecular weight is 528 g/mol. The molecule has 0 radical (unpaired) electrons. The van der Waals surface area contributed by atoms with Gasteiger partial charge in [0.2, 0.25) is 0 Å². The largest absolute Gasteiger partial charge is 0.407 e. The Bertz CT molecular complexity index is 827. The van der Waals surface area contributed by atoms with Crippen LogP contribution in [0.3, 0.4) is 0 Å². The van der Waals surface area contributed by atoms with Gasteiger partial charge >= 0.3 is 0 Å². The predicted octanol–water partition coefficient (Wildman–Crippen LogP) is 7.83. The van der Waals surface area contributed by atoms with Crippen molar-refractivity contribution in [3.63, 3.8) is 0 Å². The molecule has 8 heteroatoms. The van der Waals surface area contributed by atoms with E-state index >= 15 is 4.39 Å². The molecule has 0 aromatic carbocycles. The molecule has 0 spiro atoms. The summed E-state index contributed by atoms with van der Waals surface area (Å²) >= 11 is 1.52. The summed E-state index contributed by atoms with van der Waals surface area (Å²) in [7, 11) is -2.16. The van der Waals surface area contributed by atoms with Gasteiger partial charge in [0.05, 0.1) is 30.0 Å². The van der Waals surface area contributed by atoms with Crippen molar-refractivity contribution in [1.29, 1.82) is 0 Å². The Hall–Kier alpha value is -0.903. The summed E-state index contributed by atoms with van der Waals surface area (Å²) in [4.78, 5) is 4.38. The highest BCUT2D eigenvalue weighted by Gasteiger charge is 2.39. The molecule has 0 aliphatic carbocycles. The van der Waals surface area contributed by atoms with Crippen LogP contribution in [0.4, 0.5) is 4.39 Å². The molecule has 1 aliphatic heterocycles. The van der Waals surface area contributed by atoms with Gasteiger partial charge in [0.15, 0.2) is 14.6 Å². The molecule has 1 aromatic heterocycles. The van der Waals surface area contributed by atoms with Crippen LogP contribution in [0.15, 0.2) is 22.9 Å². The van der Waals surface area contributed by atoms with Gasteiger partial charge in [-0.2, -0.15) is 0 Å². The summed E-state index contributed by atoms with van der Waals surface area (Å²) in [6.07, 6.45) is 7.40. The molecule has 0 bridgehead atoms. The summed E-state index contributed by atoms with van der Waals surface area (Å²) in [6, 6.07) is 0. The number of aromatic nitrogens is 1. The number of nitrogens with zero attached hydrogens (tertiary/aromatic N) is 1. The molecule has 2 rings (SSSR count). The van der Waals surface area contributed by atoms with Gasteiger partial charge in [-0.3, -0.25) is 0 Å². The first-order valence-corrected chi connectivity index (χ1v) is 16.6. The first-order chi connectivity index (χ1) is 16.4. The number of ether oxygens (including phenoxy) is 3. The van der Waals surface area contributed by atoms with Crippen molar-refractivity contribution < 1.29 is 23.0 Å². The fourth-order valence-electron chi connectivity index (χ4n) is 3.40. The zero-order valence-electron chi connectivity index (χ0n) is 23.0. The average Bonchev–Trinajstić information content (AvgIpc) is 3.19. The summed E-state index contributed by atoms with van der Waals surface area (Å²) in [5.74, 6) is -0.267. The fourth-order valence-corrected chi connectivity index (χ4v) is 5.24. The molecule has 200 valence electrons. The van der Waals surface area contributed by atoms with Gasteiger partial charge in [0.1, 0.15) is 11.9 Å². The zero-order chi connectivity index (χ0) is 26.1. The molecule has 1 fully saturated rings. The molecule has 1 aliphatic rings. The number of hydrogen-bond donors (Lipinski definition) is 0. The van der Waals surface area contributed by atoms with Gasteiger partial charge in [-0.05, 0) is 77.1 Å². The van der Waals surface area contributed by atoms with Crippen molar-refractivity contribution in [3.05, 3.63) is 33.6 Å². The van der Waals surface area contributed by atoms with E-state index in [9.17, 15) is 0 Å². The minimum atomic E-state index is -2.16. The lowest BCUT2D eigenvalue weighted by molar-refractivity contribution is -0.178. The van der Waals surface area contributed by atoms with Crippen molar-refractivity contribution in [2.45, 2.75) is 110 Å². The highest BCUT2D eigenvalue weighted by Crippen LogP contribution is 2.39. The Morgan fingerprint density at radius 3 is 2.69 bits per heavy atom. The zero-order valence-corrected chi connectivity index (χ0v) is 24.8. The third-order valence-corrected chi connectivity index (χ3v) is 12.0. The lowest BCUT2D eigenvalue weighted by Crippen LogP contribution is -2.44. The Morgan fingerprint density at radius 1 is 1.34 bits per heavy atom. The molecule has 5 nitrogen and oxygen atoms in total. The van der Waals surface area contributed by atoms with Crippen LogP contribution in [0, 0.1) is 6.92 Å². The van der Waals surface area contributed by atoms with Crippen LogP contribution in [0.1, 0.15) is 77.4 Å². The fraction of sp³-hybridized carbons (Fsp3) is 0.741. The standard InChI is InChI=1S/C27H46FNO4SSi/c1-20(14-16-30-21(2)18-32-26-11-9-10-15-31-26)12-13-25(33-35(7,8)27(4,5)6)24(28)17-23-19-34-22(3)29-23/h12,17,19,21,25-26H,9-11,13-16,18H2,1-8H3/b20-12-,24-17+/t21-,25+,26?/m1/s1. The molecule has 0 amide bonds. The molecule has 2 heterocycles. The highest BCUT2D eigenvalue weighted by molar-refractivity contribution is 7.09. The lowest BCUT2D eigenvalue weighted by Gasteiger charge is -2.38. The van der Waals surface area contributed by atoms with Crippen molar-refractivity contribution >= 4 is 25.7 Å². The number of rotatable bonds is 13. The van der Waals surface area contributed by atoms with E-state index in [1.807, 2.05) is 19.2 Å². The van der Waals surface area contributed by atoms with Crippen LogP contribution in [0.2, 0.25) is 18.1 Å². The minimum absolute atomic E-state index is 0.00375. The van der Waals surface area contributed by atoms with E-state index < -0.39 is 14.4 Å². The van der Waals surface area contributed by atoms with Gasteiger partial charge in [-0.15, -0.1) is 11.3 Å². The van der Waals surface area contributed by atoms with Crippen molar-refractivity contribution in [3.8, 4) is 0 Å². The van der Waals surface area contributed by atoms with E-state index in [-0.39, 0.29) is 23.3 Å². The minimum Gasteiger partial charge on any atom is -0.407 e. The van der Waals surface area contributed by atoms with Crippen LogP contribution in [0.5, 0.6) is 0 Å². The van der Waals surface area contributed by atoms with Gasteiger partial charge in [0.25, 0.3) is 0 Å². The second kappa shape index (κ2) is 14.1. The van der Waals surface area contributed by atoms with E-state index in [2.05, 4.69) is 51.8 Å². The Morgan fingerprint density at radius 2 is 2.09 bits per heavy atom. The van der Waals surface area contributed by atoms with Crippen molar-refractivity contribution in [2.24, 2.45) is 0 Å². The molecular formula is C27H46FNO4SSi. The summed E-state index contributed by atoms with van der Waals surface area (Å²) in [6.45, 7) is 18.8. The molecule has 35 heavy (non-hydrogen) atoms. The summed E-state index contributed by atoms with van der Waals surface area (Å²) in [5.41, 5.74) is 1.81. The number of halogens is 1. The second-order valence-corrected chi connectivity index (χ2v) is 16.9. The van der Waals surface area contributed by atoms with Crippen LogP contribution in [0.25, 0.3) is 6.08 Å². The molecule has 0 N–H and O–H groups in total.